The molecule has 0 bridgehead atoms. The van der Waals surface area contributed by atoms with Gasteiger partial charge in [-0.1, -0.05) is 19.9 Å². The molecule has 20 heavy (non-hydrogen) atoms. The zero-order valence-corrected chi connectivity index (χ0v) is 13.1. The Morgan fingerprint density at radius 1 is 1.35 bits per heavy atom. The Morgan fingerprint density at radius 2 is 2.10 bits per heavy atom. The van der Waals surface area contributed by atoms with Crippen molar-refractivity contribution in [3.8, 4) is 0 Å². The van der Waals surface area contributed by atoms with Gasteiger partial charge in [-0.2, -0.15) is 0 Å². The highest BCUT2D eigenvalue weighted by molar-refractivity contribution is 7.99. The first-order valence-electron chi connectivity index (χ1n) is 7.36. The molecule has 1 amide bonds. The summed E-state index contributed by atoms with van der Waals surface area (Å²) < 4.78 is 0. The molecule has 3 nitrogen and oxygen atoms in total. The van der Waals surface area contributed by atoms with Crippen molar-refractivity contribution in [1.82, 2.24) is 5.32 Å². The topological polar surface area (TPSA) is 55.1 Å². The zero-order valence-electron chi connectivity index (χ0n) is 12.3. The molecule has 0 spiro atoms. The molecule has 0 saturated heterocycles. The molecule has 110 valence electrons. The first kappa shape index (κ1) is 15.4. The summed E-state index contributed by atoms with van der Waals surface area (Å²) in [6.07, 6.45) is 4.49. The lowest BCUT2D eigenvalue weighted by Crippen LogP contribution is -2.44. The van der Waals surface area contributed by atoms with E-state index in [9.17, 15) is 4.79 Å². The van der Waals surface area contributed by atoms with Crippen molar-refractivity contribution < 1.29 is 4.79 Å². The van der Waals surface area contributed by atoms with Gasteiger partial charge in [-0.05, 0) is 54.7 Å². The van der Waals surface area contributed by atoms with Crippen LogP contribution in [0.25, 0.3) is 0 Å². The molecule has 1 atom stereocenters. The lowest BCUT2D eigenvalue weighted by molar-refractivity contribution is -0.120. The van der Waals surface area contributed by atoms with Crippen LogP contribution < -0.4 is 11.1 Å². The summed E-state index contributed by atoms with van der Waals surface area (Å²) in [5.41, 5.74) is 8.43. The highest BCUT2D eigenvalue weighted by atomic mass is 32.2. The SMILES string of the molecule is CC(C)NC(CCSc1ccc2c(c1)CCC2)C(N)=O. The Bertz CT molecular complexity index is 474. The van der Waals surface area contributed by atoms with Gasteiger partial charge in [0.05, 0.1) is 6.04 Å². The molecule has 1 aromatic rings. The second kappa shape index (κ2) is 7.14. The molecule has 1 aromatic carbocycles. The number of carbonyl (C=O) groups is 1. The molecule has 1 aliphatic rings. The molecule has 2 rings (SSSR count). The van der Waals surface area contributed by atoms with Gasteiger partial charge in [0.15, 0.2) is 0 Å². The fraction of sp³-hybridized carbons (Fsp3) is 0.562. The zero-order chi connectivity index (χ0) is 14.5. The van der Waals surface area contributed by atoms with Crippen LogP contribution in [-0.2, 0) is 17.6 Å². The number of nitrogens with two attached hydrogens (primary N) is 1. The van der Waals surface area contributed by atoms with E-state index < -0.39 is 0 Å². The Labute approximate surface area is 125 Å². The summed E-state index contributed by atoms with van der Waals surface area (Å²) in [5.74, 6) is 0.653. The van der Waals surface area contributed by atoms with E-state index in [1.54, 1.807) is 0 Å². The molecule has 0 fully saturated rings. The number of hydrogen-bond acceptors (Lipinski definition) is 3. The van der Waals surface area contributed by atoms with Gasteiger partial charge in [-0.15, -0.1) is 11.8 Å². The third-order valence-corrected chi connectivity index (χ3v) is 4.65. The molecular weight excluding hydrogens is 268 g/mol. The maximum Gasteiger partial charge on any atom is 0.234 e. The fourth-order valence-electron chi connectivity index (χ4n) is 2.64. The third kappa shape index (κ3) is 4.25. The molecule has 0 heterocycles. The predicted molar refractivity (Wildman–Crippen MR) is 85.1 cm³/mol. The van der Waals surface area contributed by atoms with Crippen LogP contribution in [0.1, 0.15) is 37.8 Å². The van der Waals surface area contributed by atoms with Crippen LogP contribution in [0.15, 0.2) is 23.1 Å². The predicted octanol–water partition coefficient (Wildman–Crippen LogP) is 2.51. The molecule has 3 N–H and O–H groups in total. The van der Waals surface area contributed by atoms with Crippen LogP contribution in [0.5, 0.6) is 0 Å². The number of carbonyl (C=O) groups excluding carboxylic acids is 1. The van der Waals surface area contributed by atoms with E-state index >= 15 is 0 Å². The smallest absolute Gasteiger partial charge is 0.234 e. The Balaban J connectivity index is 1.84. The van der Waals surface area contributed by atoms with E-state index in [4.69, 9.17) is 5.73 Å². The molecular formula is C16H24N2OS. The van der Waals surface area contributed by atoms with Crippen molar-refractivity contribution in [2.24, 2.45) is 5.73 Å². The van der Waals surface area contributed by atoms with Crippen LogP contribution in [0.3, 0.4) is 0 Å². The van der Waals surface area contributed by atoms with Crippen molar-refractivity contribution in [3.63, 3.8) is 0 Å². The Kier molecular flexibility index (Phi) is 5.49. The Hall–Kier alpha value is -1.00. The lowest BCUT2D eigenvalue weighted by atomic mass is 10.1. The number of aryl methyl sites for hydroxylation is 2. The number of primary amides is 1. The van der Waals surface area contributed by atoms with E-state index in [1.807, 2.05) is 25.6 Å². The number of benzene rings is 1. The second-order valence-corrected chi connectivity index (χ2v) is 6.87. The first-order valence-corrected chi connectivity index (χ1v) is 8.35. The average Bonchev–Trinajstić information content (AvgIpc) is 2.84. The number of amides is 1. The molecule has 1 unspecified atom stereocenters. The van der Waals surface area contributed by atoms with Gasteiger partial charge in [-0.25, -0.2) is 0 Å². The quantitative estimate of drug-likeness (QED) is 0.759. The van der Waals surface area contributed by atoms with E-state index in [1.165, 1.54) is 35.3 Å². The van der Waals surface area contributed by atoms with Crippen LogP contribution in [0.4, 0.5) is 0 Å². The summed E-state index contributed by atoms with van der Waals surface area (Å²) in [5, 5.41) is 3.22. The highest BCUT2D eigenvalue weighted by Crippen LogP contribution is 2.28. The monoisotopic (exact) mass is 292 g/mol. The average molecular weight is 292 g/mol. The Morgan fingerprint density at radius 3 is 2.80 bits per heavy atom. The molecule has 0 aromatic heterocycles. The minimum absolute atomic E-state index is 0.225. The van der Waals surface area contributed by atoms with E-state index in [0.717, 1.165) is 12.2 Å². The minimum Gasteiger partial charge on any atom is -0.368 e. The second-order valence-electron chi connectivity index (χ2n) is 5.70. The maximum atomic E-state index is 11.4. The van der Waals surface area contributed by atoms with Gasteiger partial charge in [0, 0.05) is 10.9 Å². The van der Waals surface area contributed by atoms with Gasteiger partial charge in [0.25, 0.3) is 0 Å². The van der Waals surface area contributed by atoms with Crippen LogP contribution in [0.2, 0.25) is 0 Å². The summed E-state index contributed by atoms with van der Waals surface area (Å²) in [6, 6.07) is 6.81. The first-order chi connectivity index (χ1) is 9.56. The summed E-state index contributed by atoms with van der Waals surface area (Å²) in [6.45, 7) is 4.06. The molecule has 0 aliphatic heterocycles. The number of thioether (sulfide) groups is 1. The maximum absolute atomic E-state index is 11.4. The summed E-state index contributed by atoms with van der Waals surface area (Å²) in [7, 11) is 0. The largest absolute Gasteiger partial charge is 0.368 e. The van der Waals surface area contributed by atoms with Gasteiger partial charge in [-0.3, -0.25) is 4.79 Å². The van der Waals surface area contributed by atoms with Crippen LogP contribution >= 0.6 is 11.8 Å². The highest BCUT2D eigenvalue weighted by Gasteiger charge is 2.16. The molecule has 0 radical (unpaired) electrons. The number of fused-ring (bicyclic) bond motifs is 1. The molecule has 4 heteroatoms. The number of hydrogen-bond donors (Lipinski definition) is 2. The van der Waals surface area contributed by atoms with Gasteiger partial charge < -0.3 is 11.1 Å². The van der Waals surface area contributed by atoms with E-state index in [-0.39, 0.29) is 18.0 Å². The van der Waals surface area contributed by atoms with E-state index in [0.29, 0.717) is 0 Å². The van der Waals surface area contributed by atoms with Crippen molar-refractivity contribution in [3.05, 3.63) is 29.3 Å². The van der Waals surface area contributed by atoms with Crippen molar-refractivity contribution in [2.45, 2.75) is 56.5 Å². The standard InChI is InChI=1S/C16H24N2OS/c1-11(2)18-15(16(17)19)8-9-20-14-7-6-12-4-3-5-13(12)10-14/h6-7,10-11,15,18H,3-5,8-9H2,1-2H3,(H2,17,19). The van der Waals surface area contributed by atoms with Crippen molar-refractivity contribution in [2.75, 3.05) is 5.75 Å². The van der Waals surface area contributed by atoms with Crippen molar-refractivity contribution in [1.29, 1.82) is 0 Å². The lowest BCUT2D eigenvalue weighted by Gasteiger charge is -2.17. The number of rotatable bonds is 7. The molecule has 0 saturated carbocycles. The van der Waals surface area contributed by atoms with Crippen molar-refractivity contribution >= 4 is 17.7 Å². The normalized spacial score (nSPS) is 15.3. The number of nitrogens with one attached hydrogen (secondary N) is 1. The van der Waals surface area contributed by atoms with Gasteiger partial charge in [0.2, 0.25) is 5.91 Å². The van der Waals surface area contributed by atoms with Gasteiger partial charge in [0.1, 0.15) is 0 Å². The van der Waals surface area contributed by atoms with Crippen LogP contribution in [0, 0.1) is 0 Å². The summed E-state index contributed by atoms with van der Waals surface area (Å²) >= 11 is 1.81. The van der Waals surface area contributed by atoms with Gasteiger partial charge >= 0.3 is 0 Å². The molecule has 1 aliphatic carbocycles. The van der Waals surface area contributed by atoms with Crippen LogP contribution in [-0.4, -0.2) is 23.7 Å². The summed E-state index contributed by atoms with van der Waals surface area (Å²) in [4.78, 5) is 12.7. The fourth-order valence-corrected chi connectivity index (χ4v) is 3.62. The third-order valence-electron chi connectivity index (χ3n) is 3.62. The minimum atomic E-state index is -0.256. The van der Waals surface area contributed by atoms with E-state index in [2.05, 4.69) is 23.5 Å².